The van der Waals surface area contributed by atoms with Gasteiger partial charge in [0.05, 0.1) is 6.54 Å². The van der Waals surface area contributed by atoms with Crippen molar-refractivity contribution in [2.75, 3.05) is 26.2 Å². The molecule has 0 radical (unpaired) electrons. The van der Waals surface area contributed by atoms with Crippen molar-refractivity contribution in [3.63, 3.8) is 0 Å². The zero-order valence-corrected chi connectivity index (χ0v) is 12.1. The van der Waals surface area contributed by atoms with E-state index in [0.29, 0.717) is 31.6 Å². The molecule has 110 valence electrons. The summed E-state index contributed by atoms with van der Waals surface area (Å²) in [5, 5.41) is 2.77. The second kappa shape index (κ2) is 6.91. The first-order valence-corrected chi connectivity index (χ1v) is 6.97. The van der Waals surface area contributed by atoms with Crippen LogP contribution in [0.5, 0.6) is 0 Å². The third kappa shape index (κ3) is 3.83. The highest BCUT2D eigenvalue weighted by Gasteiger charge is 2.21. The molecule has 0 saturated carbocycles. The minimum atomic E-state index is -0.0552. The molecule has 1 aromatic carbocycles. The van der Waals surface area contributed by atoms with Crippen LogP contribution in [0.15, 0.2) is 18.2 Å². The lowest BCUT2D eigenvalue weighted by Crippen LogP contribution is -2.34. The maximum Gasteiger partial charge on any atom is 0.254 e. The Morgan fingerprint density at radius 2 is 2.24 bits per heavy atom. The van der Waals surface area contributed by atoms with Gasteiger partial charge in [0.25, 0.3) is 5.91 Å². The van der Waals surface area contributed by atoms with Crippen LogP contribution in [0.25, 0.3) is 0 Å². The van der Waals surface area contributed by atoms with Crippen molar-refractivity contribution in [3.8, 4) is 11.8 Å². The van der Waals surface area contributed by atoms with E-state index in [1.54, 1.807) is 11.0 Å². The smallest absolute Gasteiger partial charge is 0.254 e. The number of carbonyl (C=O) groups is 2. The third-order valence-electron chi connectivity index (χ3n) is 3.40. The number of rotatable bonds is 1. The summed E-state index contributed by atoms with van der Waals surface area (Å²) in [5.74, 6) is 5.66. The van der Waals surface area contributed by atoms with Crippen molar-refractivity contribution in [3.05, 3.63) is 34.9 Å². The van der Waals surface area contributed by atoms with Gasteiger partial charge < -0.3 is 16.0 Å². The van der Waals surface area contributed by atoms with Gasteiger partial charge in [-0.1, -0.05) is 17.9 Å². The number of amides is 2. The normalized spacial score (nSPS) is 14.8. The monoisotopic (exact) mass is 285 g/mol. The Bertz CT molecular complexity index is 614. The summed E-state index contributed by atoms with van der Waals surface area (Å²) in [6, 6.07) is 5.55. The Morgan fingerprint density at radius 1 is 1.43 bits per heavy atom. The maximum absolute atomic E-state index is 12.6. The average Bonchev–Trinajstić information content (AvgIpc) is 2.70. The van der Waals surface area contributed by atoms with Crippen LogP contribution >= 0.6 is 0 Å². The van der Waals surface area contributed by atoms with E-state index in [-0.39, 0.29) is 18.4 Å². The van der Waals surface area contributed by atoms with Crippen LogP contribution in [-0.2, 0) is 4.79 Å². The van der Waals surface area contributed by atoms with Gasteiger partial charge in [-0.2, -0.15) is 0 Å². The fourth-order valence-corrected chi connectivity index (χ4v) is 2.22. The fourth-order valence-electron chi connectivity index (χ4n) is 2.22. The number of nitrogens with two attached hydrogens (primary N) is 1. The van der Waals surface area contributed by atoms with E-state index < -0.39 is 0 Å². The first kappa shape index (κ1) is 15.1. The van der Waals surface area contributed by atoms with Crippen molar-refractivity contribution in [2.24, 2.45) is 5.73 Å². The van der Waals surface area contributed by atoms with Crippen LogP contribution in [0.4, 0.5) is 0 Å². The topological polar surface area (TPSA) is 75.4 Å². The Morgan fingerprint density at radius 3 is 3.00 bits per heavy atom. The lowest BCUT2D eigenvalue weighted by molar-refractivity contribution is -0.120. The van der Waals surface area contributed by atoms with E-state index in [2.05, 4.69) is 17.2 Å². The highest BCUT2D eigenvalue weighted by molar-refractivity contribution is 5.96. The summed E-state index contributed by atoms with van der Waals surface area (Å²) >= 11 is 0. The predicted octanol–water partition coefficient (Wildman–Crippen LogP) is 0.267. The van der Waals surface area contributed by atoms with Gasteiger partial charge in [0.2, 0.25) is 5.91 Å². The molecular formula is C16H19N3O2. The van der Waals surface area contributed by atoms with E-state index in [1.165, 1.54) is 0 Å². The summed E-state index contributed by atoms with van der Waals surface area (Å²) < 4.78 is 0. The predicted molar refractivity (Wildman–Crippen MR) is 80.6 cm³/mol. The third-order valence-corrected chi connectivity index (χ3v) is 3.40. The lowest BCUT2D eigenvalue weighted by Gasteiger charge is -2.20. The number of carbonyl (C=O) groups excluding carboxylic acids is 2. The van der Waals surface area contributed by atoms with Crippen molar-refractivity contribution >= 4 is 11.8 Å². The molecule has 1 aliphatic rings. The molecule has 1 aliphatic heterocycles. The summed E-state index contributed by atoms with van der Waals surface area (Å²) in [6.45, 7) is 3.66. The molecule has 0 unspecified atom stereocenters. The largest absolute Gasteiger partial charge is 0.354 e. The van der Waals surface area contributed by atoms with E-state index >= 15 is 0 Å². The van der Waals surface area contributed by atoms with Crippen molar-refractivity contribution in [2.45, 2.75) is 13.3 Å². The van der Waals surface area contributed by atoms with E-state index in [0.717, 1.165) is 11.1 Å². The molecule has 0 aliphatic carbocycles. The molecule has 0 spiro atoms. The Balaban J connectivity index is 2.23. The molecule has 1 aromatic rings. The molecule has 2 amide bonds. The number of hydrogen-bond donors (Lipinski definition) is 2. The van der Waals surface area contributed by atoms with Gasteiger partial charge in [0, 0.05) is 37.2 Å². The van der Waals surface area contributed by atoms with Gasteiger partial charge in [-0.25, -0.2) is 0 Å². The van der Waals surface area contributed by atoms with Crippen LogP contribution in [0, 0.1) is 18.8 Å². The Hall–Kier alpha value is -2.32. The minimum Gasteiger partial charge on any atom is -0.354 e. The first-order chi connectivity index (χ1) is 10.1. The van der Waals surface area contributed by atoms with Crippen LogP contribution in [0.3, 0.4) is 0 Å². The molecule has 3 N–H and O–H groups in total. The standard InChI is InChI=1S/C16H19N3O2/c1-12-4-5-13(3-2-7-17)11-14(12)16(21)19-9-6-15(20)18-8-10-19/h4-5,11H,6-10,17H2,1H3,(H,18,20). The van der Waals surface area contributed by atoms with Gasteiger partial charge in [-0.3, -0.25) is 9.59 Å². The molecule has 21 heavy (non-hydrogen) atoms. The number of nitrogens with zero attached hydrogens (tertiary/aromatic N) is 1. The van der Waals surface area contributed by atoms with Crippen molar-refractivity contribution in [1.29, 1.82) is 0 Å². The summed E-state index contributed by atoms with van der Waals surface area (Å²) in [7, 11) is 0. The zero-order chi connectivity index (χ0) is 15.2. The molecular weight excluding hydrogens is 266 g/mol. The van der Waals surface area contributed by atoms with Crippen molar-refractivity contribution < 1.29 is 9.59 Å². The molecule has 0 aromatic heterocycles. The number of aryl methyl sites for hydroxylation is 1. The molecule has 1 heterocycles. The highest BCUT2D eigenvalue weighted by atomic mass is 16.2. The van der Waals surface area contributed by atoms with Crippen molar-refractivity contribution in [1.82, 2.24) is 10.2 Å². The zero-order valence-electron chi connectivity index (χ0n) is 12.1. The second-order valence-electron chi connectivity index (χ2n) is 4.93. The molecule has 2 rings (SSSR count). The number of hydrogen-bond acceptors (Lipinski definition) is 3. The quantitative estimate of drug-likeness (QED) is 0.727. The maximum atomic E-state index is 12.6. The van der Waals surface area contributed by atoms with Gasteiger partial charge >= 0.3 is 0 Å². The summed E-state index contributed by atoms with van der Waals surface area (Å²) in [6.07, 6.45) is 0.345. The molecule has 0 atom stereocenters. The fraction of sp³-hybridized carbons (Fsp3) is 0.375. The second-order valence-corrected chi connectivity index (χ2v) is 4.93. The van der Waals surface area contributed by atoms with Crippen LogP contribution in [-0.4, -0.2) is 42.9 Å². The summed E-state index contributed by atoms with van der Waals surface area (Å²) in [4.78, 5) is 25.7. The number of benzene rings is 1. The first-order valence-electron chi connectivity index (χ1n) is 6.97. The Labute approximate surface area is 124 Å². The van der Waals surface area contributed by atoms with Gasteiger partial charge in [0.15, 0.2) is 0 Å². The van der Waals surface area contributed by atoms with Crippen LogP contribution in [0.1, 0.15) is 27.9 Å². The molecule has 1 fully saturated rings. The van der Waals surface area contributed by atoms with Gasteiger partial charge in [0.1, 0.15) is 0 Å². The summed E-state index contributed by atoms with van der Waals surface area (Å²) in [5.41, 5.74) is 7.68. The van der Waals surface area contributed by atoms with Crippen LogP contribution < -0.4 is 11.1 Å². The minimum absolute atomic E-state index is 0.00964. The van der Waals surface area contributed by atoms with E-state index in [4.69, 9.17) is 5.73 Å². The Kier molecular flexibility index (Phi) is 4.96. The van der Waals surface area contributed by atoms with E-state index in [9.17, 15) is 9.59 Å². The lowest BCUT2D eigenvalue weighted by atomic mass is 10.0. The highest BCUT2D eigenvalue weighted by Crippen LogP contribution is 2.14. The van der Waals surface area contributed by atoms with Gasteiger partial charge in [-0.05, 0) is 24.6 Å². The van der Waals surface area contributed by atoms with Crippen LogP contribution in [0.2, 0.25) is 0 Å². The molecule has 1 saturated heterocycles. The molecule has 5 nitrogen and oxygen atoms in total. The SMILES string of the molecule is Cc1ccc(C#CCN)cc1C(=O)N1CCNC(=O)CC1. The van der Waals surface area contributed by atoms with Gasteiger partial charge in [-0.15, -0.1) is 0 Å². The number of nitrogens with one attached hydrogen (secondary N) is 1. The molecule has 5 heteroatoms. The average molecular weight is 285 g/mol. The van der Waals surface area contributed by atoms with E-state index in [1.807, 2.05) is 19.1 Å². The molecule has 0 bridgehead atoms.